The minimum Gasteiger partial charge on any atom is -0.466 e. The van der Waals surface area contributed by atoms with Crippen molar-refractivity contribution in [3.63, 3.8) is 0 Å². The Balaban J connectivity index is 2.14. The number of hydrogen-bond donors (Lipinski definition) is 1. The maximum absolute atomic E-state index is 10.7. The molecule has 1 fully saturated rings. The van der Waals surface area contributed by atoms with Crippen molar-refractivity contribution in [2.24, 2.45) is 0 Å². The van der Waals surface area contributed by atoms with Crippen LogP contribution in [0.15, 0.2) is 12.2 Å². The number of methoxy groups -OCH3 is 1. The highest BCUT2D eigenvalue weighted by molar-refractivity contribution is 5.81. The number of carbonyl (C=O) groups excluding carboxylic acids is 1. The summed E-state index contributed by atoms with van der Waals surface area (Å²) >= 11 is 0. The quantitative estimate of drug-likeness (QED) is 0.528. The molecule has 0 amide bonds. The second-order valence-corrected chi connectivity index (χ2v) is 3.30. The van der Waals surface area contributed by atoms with Gasteiger partial charge < -0.3 is 14.8 Å². The van der Waals surface area contributed by atoms with Crippen LogP contribution in [0.3, 0.4) is 0 Å². The van der Waals surface area contributed by atoms with Crippen LogP contribution in [0.1, 0.15) is 13.3 Å². The first kappa shape index (κ1) is 11.2. The van der Waals surface area contributed by atoms with E-state index in [9.17, 15) is 4.79 Å². The molecule has 4 nitrogen and oxygen atoms in total. The van der Waals surface area contributed by atoms with E-state index in [1.165, 1.54) is 13.2 Å². The minimum atomic E-state index is -0.317. The Kier molecular flexibility index (Phi) is 4.62. The number of rotatable bonds is 4. The van der Waals surface area contributed by atoms with Crippen molar-refractivity contribution in [2.45, 2.75) is 25.5 Å². The molecule has 2 unspecified atom stereocenters. The minimum absolute atomic E-state index is 0.265. The first-order valence-corrected chi connectivity index (χ1v) is 4.83. The molecule has 0 spiro atoms. The van der Waals surface area contributed by atoms with E-state index in [2.05, 4.69) is 17.0 Å². The summed E-state index contributed by atoms with van der Waals surface area (Å²) in [5.74, 6) is -0.317. The predicted molar refractivity (Wildman–Crippen MR) is 53.0 cm³/mol. The molecule has 0 radical (unpaired) electrons. The van der Waals surface area contributed by atoms with Gasteiger partial charge in [-0.05, 0) is 13.3 Å². The lowest BCUT2D eigenvalue weighted by atomic mass is 10.1. The smallest absolute Gasteiger partial charge is 0.330 e. The van der Waals surface area contributed by atoms with Crippen molar-refractivity contribution in [2.75, 3.05) is 20.3 Å². The standard InChI is InChI=1S/C10H17NO3/c1-8-9(5-7-14-8)11-6-3-4-10(12)13-2/h3-4,8-9,11H,5-7H2,1-2H3/b4-3+. The fraction of sp³-hybridized carbons (Fsp3) is 0.700. The van der Waals surface area contributed by atoms with Crippen LogP contribution in [-0.4, -0.2) is 38.4 Å². The molecule has 14 heavy (non-hydrogen) atoms. The van der Waals surface area contributed by atoms with E-state index in [0.717, 1.165) is 13.0 Å². The Morgan fingerprint density at radius 1 is 1.71 bits per heavy atom. The molecule has 0 aromatic rings. The van der Waals surface area contributed by atoms with E-state index in [0.29, 0.717) is 12.6 Å². The molecular weight excluding hydrogens is 182 g/mol. The zero-order valence-corrected chi connectivity index (χ0v) is 8.66. The Labute approximate surface area is 84.3 Å². The van der Waals surface area contributed by atoms with Gasteiger partial charge in [0, 0.05) is 25.3 Å². The van der Waals surface area contributed by atoms with E-state index < -0.39 is 0 Å². The van der Waals surface area contributed by atoms with E-state index in [4.69, 9.17) is 4.74 Å². The van der Waals surface area contributed by atoms with Gasteiger partial charge in [0.05, 0.1) is 13.2 Å². The Morgan fingerprint density at radius 2 is 2.50 bits per heavy atom. The first-order valence-electron chi connectivity index (χ1n) is 4.83. The van der Waals surface area contributed by atoms with Crippen molar-refractivity contribution < 1.29 is 14.3 Å². The summed E-state index contributed by atoms with van der Waals surface area (Å²) in [6, 6.07) is 0.400. The average molecular weight is 199 g/mol. The van der Waals surface area contributed by atoms with Crippen LogP contribution in [-0.2, 0) is 14.3 Å². The first-order chi connectivity index (χ1) is 6.74. The van der Waals surface area contributed by atoms with E-state index >= 15 is 0 Å². The zero-order chi connectivity index (χ0) is 10.4. The summed E-state index contributed by atoms with van der Waals surface area (Å²) in [4.78, 5) is 10.7. The van der Waals surface area contributed by atoms with Crippen LogP contribution in [0.5, 0.6) is 0 Å². The number of hydrogen-bond acceptors (Lipinski definition) is 4. The van der Waals surface area contributed by atoms with E-state index in [-0.39, 0.29) is 12.1 Å². The Morgan fingerprint density at radius 3 is 3.07 bits per heavy atom. The largest absolute Gasteiger partial charge is 0.466 e. The van der Waals surface area contributed by atoms with Gasteiger partial charge in [-0.1, -0.05) is 6.08 Å². The van der Waals surface area contributed by atoms with Crippen LogP contribution in [0.4, 0.5) is 0 Å². The lowest BCUT2D eigenvalue weighted by Crippen LogP contribution is -2.34. The van der Waals surface area contributed by atoms with Gasteiger partial charge in [-0.25, -0.2) is 4.79 Å². The monoisotopic (exact) mass is 199 g/mol. The second kappa shape index (κ2) is 5.78. The Bertz CT molecular complexity index is 215. The van der Waals surface area contributed by atoms with Gasteiger partial charge in [0.25, 0.3) is 0 Å². The SMILES string of the molecule is COC(=O)/C=C/CNC1CCOC1C. The van der Waals surface area contributed by atoms with Crippen molar-refractivity contribution in [1.29, 1.82) is 0 Å². The van der Waals surface area contributed by atoms with Crippen LogP contribution in [0.25, 0.3) is 0 Å². The molecule has 1 saturated heterocycles. The third-order valence-electron chi connectivity index (χ3n) is 2.33. The fourth-order valence-electron chi connectivity index (χ4n) is 1.44. The molecule has 1 aliphatic rings. The van der Waals surface area contributed by atoms with Gasteiger partial charge in [0.1, 0.15) is 0 Å². The van der Waals surface area contributed by atoms with Crippen molar-refractivity contribution in [3.05, 3.63) is 12.2 Å². The molecule has 1 heterocycles. The summed E-state index contributed by atoms with van der Waals surface area (Å²) < 4.78 is 9.85. The third-order valence-corrected chi connectivity index (χ3v) is 2.33. The van der Waals surface area contributed by atoms with Crippen LogP contribution in [0, 0.1) is 0 Å². The van der Waals surface area contributed by atoms with E-state index in [1.54, 1.807) is 6.08 Å². The van der Waals surface area contributed by atoms with Crippen LogP contribution >= 0.6 is 0 Å². The molecule has 0 aliphatic carbocycles. The molecule has 0 aromatic heterocycles. The number of esters is 1. The maximum atomic E-state index is 10.7. The molecule has 80 valence electrons. The number of ether oxygens (including phenoxy) is 2. The second-order valence-electron chi connectivity index (χ2n) is 3.30. The topological polar surface area (TPSA) is 47.6 Å². The van der Waals surface area contributed by atoms with Crippen molar-refractivity contribution >= 4 is 5.97 Å². The van der Waals surface area contributed by atoms with Gasteiger partial charge in [-0.2, -0.15) is 0 Å². The molecule has 0 bridgehead atoms. The molecule has 1 aliphatic heterocycles. The highest BCUT2D eigenvalue weighted by Crippen LogP contribution is 2.11. The molecule has 1 N–H and O–H groups in total. The zero-order valence-electron chi connectivity index (χ0n) is 8.66. The third kappa shape index (κ3) is 3.47. The normalized spacial score (nSPS) is 27.0. The van der Waals surface area contributed by atoms with Crippen LogP contribution in [0.2, 0.25) is 0 Å². The summed E-state index contributed by atoms with van der Waals surface area (Å²) in [5, 5.41) is 3.29. The molecule has 4 heteroatoms. The highest BCUT2D eigenvalue weighted by atomic mass is 16.5. The van der Waals surface area contributed by atoms with Crippen molar-refractivity contribution in [1.82, 2.24) is 5.32 Å². The summed E-state index contributed by atoms with van der Waals surface area (Å²) in [5.41, 5.74) is 0. The maximum Gasteiger partial charge on any atom is 0.330 e. The molecular formula is C10H17NO3. The van der Waals surface area contributed by atoms with Gasteiger partial charge in [-0.15, -0.1) is 0 Å². The lowest BCUT2D eigenvalue weighted by Gasteiger charge is -2.14. The number of carbonyl (C=O) groups is 1. The fourth-order valence-corrected chi connectivity index (χ4v) is 1.44. The molecule has 2 atom stereocenters. The van der Waals surface area contributed by atoms with E-state index in [1.807, 2.05) is 0 Å². The number of nitrogens with one attached hydrogen (secondary N) is 1. The summed E-state index contributed by atoms with van der Waals surface area (Å²) in [7, 11) is 1.37. The van der Waals surface area contributed by atoms with Gasteiger partial charge in [0.15, 0.2) is 0 Å². The molecule has 0 saturated carbocycles. The van der Waals surface area contributed by atoms with Gasteiger partial charge in [-0.3, -0.25) is 0 Å². The molecule has 0 aromatic carbocycles. The van der Waals surface area contributed by atoms with Gasteiger partial charge in [0.2, 0.25) is 0 Å². The highest BCUT2D eigenvalue weighted by Gasteiger charge is 2.22. The summed E-state index contributed by atoms with van der Waals surface area (Å²) in [6.07, 6.45) is 4.49. The van der Waals surface area contributed by atoms with Crippen LogP contribution < -0.4 is 5.32 Å². The average Bonchev–Trinajstić information content (AvgIpc) is 2.58. The lowest BCUT2D eigenvalue weighted by molar-refractivity contribution is -0.134. The van der Waals surface area contributed by atoms with Crippen molar-refractivity contribution in [3.8, 4) is 0 Å². The molecule has 1 rings (SSSR count). The predicted octanol–water partition coefficient (Wildman–Crippen LogP) is 0.483. The Hall–Kier alpha value is -0.870. The van der Waals surface area contributed by atoms with Gasteiger partial charge >= 0.3 is 5.97 Å². The summed E-state index contributed by atoms with van der Waals surface area (Å²) in [6.45, 7) is 3.54.